The van der Waals surface area contributed by atoms with E-state index < -0.39 is 11.2 Å². The molecule has 0 spiro atoms. The first kappa shape index (κ1) is 23.2. The Balaban J connectivity index is 1.66. The minimum Gasteiger partial charge on any atom is -0.364 e. The van der Waals surface area contributed by atoms with Crippen LogP contribution in [0.4, 0.5) is 18.9 Å². The Labute approximate surface area is 192 Å². The Bertz CT molecular complexity index is 1290. The number of alkyl halides is 3. The number of hydrogen-bond acceptors (Lipinski definition) is 7. The van der Waals surface area contributed by atoms with Gasteiger partial charge in [-0.25, -0.2) is 9.97 Å². The van der Waals surface area contributed by atoms with Gasteiger partial charge in [0.2, 0.25) is 0 Å². The molecule has 3 atom stereocenters. The Kier molecular flexibility index (Phi) is 5.92. The van der Waals surface area contributed by atoms with Gasteiger partial charge in [0.1, 0.15) is 17.3 Å². The monoisotopic (exact) mass is 476 g/mol. The summed E-state index contributed by atoms with van der Waals surface area (Å²) in [4.78, 5) is 25.1. The third kappa shape index (κ3) is 4.20. The molecule has 0 N–H and O–H groups in total. The molecule has 1 fully saturated rings. The third-order valence-corrected chi connectivity index (χ3v) is 7.12. The number of aryl methyl sites for hydroxylation is 1. The molecule has 1 unspecified atom stereocenters. The molecule has 1 aliphatic rings. The van der Waals surface area contributed by atoms with Gasteiger partial charge in [-0.1, -0.05) is 0 Å². The molecular formula is C22H23F3N6OS. The normalized spacial score (nSPS) is 20.7. The van der Waals surface area contributed by atoms with Crippen LogP contribution in [0, 0.1) is 11.3 Å². The van der Waals surface area contributed by atoms with Crippen molar-refractivity contribution < 1.29 is 13.2 Å². The molecule has 1 saturated heterocycles. The number of piperazine rings is 1. The number of nitrogens with zero attached hydrogens (tertiary/aromatic N) is 6. The second-order valence-corrected chi connectivity index (χ2v) is 9.26. The molecule has 7 nitrogen and oxygen atoms in total. The maximum atomic E-state index is 13.0. The van der Waals surface area contributed by atoms with Gasteiger partial charge in [-0.15, -0.1) is 11.3 Å². The molecule has 33 heavy (non-hydrogen) atoms. The molecule has 3 aromatic heterocycles. The molecule has 174 valence electrons. The summed E-state index contributed by atoms with van der Waals surface area (Å²) in [5, 5.41) is 9.93. The Hall–Kier alpha value is -2.97. The number of aromatic nitrogens is 3. The van der Waals surface area contributed by atoms with E-state index in [0.717, 1.165) is 0 Å². The van der Waals surface area contributed by atoms with Crippen LogP contribution in [0.2, 0.25) is 0 Å². The van der Waals surface area contributed by atoms with Crippen molar-refractivity contribution in [3.05, 3.63) is 50.3 Å². The fourth-order valence-electron chi connectivity index (χ4n) is 4.40. The molecule has 1 aliphatic heterocycles. The van der Waals surface area contributed by atoms with Gasteiger partial charge in [0, 0.05) is 43.7 Å². The van der Waals surface area contributed by atoms with Crippen LogP contribution in [-0.2, 0) is 13.2 Å². The minimum absolute atomic E-state index is 0.0227. The molecule has 0 aliphatic carbocycles. The van der Waals surface area contributed by atoms with Gasteiger partial charge in [0.15, 0.2) is 5.01 Å². The fourth-order valence-corrected chi connectivity index (χ4v) is 5.17. The number of nitriles is 1. The summed E-state index contributed by atoms with van der Waals surface area (Å²) in [7, 11) is 1.66. The number of anilines is 1. The first-order chi connectivity index (χ1) is 15.5. The number of thiazole rings is 1. The van der Waals surface area contributed by atoms with Crippen LogP contribution in [0.15, 0.2) is 28.4 Å². The summed E-state index contributed by atoms with van der Waals surface area (Å²) < 4.78 is 40.5. The molecule has 0 bridgehead atoms. The highest BCUT2D eigenvalue weighted by molar-refractivity contribution is 7.09. The minimum atomic E-state index is -4.45. The van der Waals surface area contributed by atoms with E-state index in [1.54, 1.807) is 19.2 Å². The topological polar surface area (TPSA) is 78.0 Å². The number of rotatable bonds is 3. The highest BCUT2D eigenvalue weighted by Gasteiger charge is 2.38. The van der Waals surface area contributed by atoms with E-state index in [-0.39, 0.29) is 29.4 Å². The molecule has 0 saturated carbocycles. The third-order valence-electron chi connectivity index (χ3n) is 6.22. The largest absolute Gasteiger partial charge is 0.443 e. The maximum absolute atomic E-state index is 13.0. The van der Waals surface area contributed by atoms with E-state index >= 15 is 0 Å². The van der Waals surface area contributed by atoms with Gasteiger partial charge in [0.25, 0.3) is 5.56 Å². The van der Waals surface area contributed by atoms with Gasteiger partial charge in [0.05, 0.1) is 22.9 Å². The van der Waals surface area contributed by atoms with Crippen LogP contribution in [0.1, 0.15) is 43.2 Å². The Morgan fingerprint density at radius 1 is 1.21 bits per heavy atom. The van der Waals surface area contributed by atoms with E-state index in [9.17, 15) is 23.2 Å². The standard InChI is InChI=1S/C22H23F3N6OS/c1-12-10-31(18-7-19(32)29(4)17-6-5-15(8-26)27-20(17)18)13(2)9-30(12)14(3)16-11-33-21(28-16)22(23,24)25/h5-7,11-14H,9-10H2,1-4H3/t12-,13-,14?/m0/s1. The van der Waals surface area contributed by atoms with E-state index in [4.69, 9.17) is 0 Å². The zero-order valence-electron chi connectivity index (χ0n) is 18.6. The van der Waals surface area contributed by atoms with E-state index in [1.165, 1.54) is 16.0 Å². The van der Waals surface area contributed by atoms with Crippen LogP contribution >= 0.6 is 11.3 Å². The van der Waals surface area contributed by atoms with E-state index in [2.05, 4.69) is 19.8 Å². The lowest BCUT2D eigenvalue weighted by atomic mass is 10.0. The van der Waals surface area contributed by atoms with E-state index in [1.807, 2.05) is 26.8 Å². The van der Waals surface area contributed by atoms with Crippen molar-refractivity contribution in [2.45, 2.75) is 45.1 Å². The highest BCUT2D eigenvalue weighted by Crippen LogP contribution is 2.36. The van der Waals surface area contributed by atoms with Gasteiger partial charge >= 0.3 is 6.18 Å². The average molecular weight is 477 g/mol. The summed E-state index contributed by atoms with van der Waals surface area (Å²) in [6.45, 7) is 6.98. The second-order valence-electron chi connectivity index (χ2n) is 8.40. The molecule has 11 heteroatoms. The summed E-state index contributed by atoms with van der Waals surface area (Å²) in [5.74, 6) is 0. The average Bonchev–Trinajstić information content (AvgIpc) is 3.28. The van der Waals surface area contributed by atoms with Crippen LogP contribution in [0.3, 0.4) is 0 Å². The van der Waals surface area contributed by atoms with E-state index in [0.29, 0.717) is 46.8 Å². The van der Waals surface area contributed by atoms with Crippen LogP contribution in [-0.4, -0.2) is 44.6 Å². The highest BCUT2D eigenvalue weighted by atomic mass is 32.1. The number of fused-ring (bicyclic) bond motifs is 1. The van der Waals surface area contributed by atoms with Crippen molar-refractivity contribution in [2.24, 2.45) is 7.05 Å². The number of halogens is 3. The predicted molar refractivity (Wildman–Crippen MR) is 120 cm³/mol. The summed E-state index contributed by atoms with van der Waals surface area (Å²) in [6, 6.07) is 6.52. The lowest BCUT2D eigenvalue weighted by Gasteiger charge is -2.47. The molecule has 4 rings (SSSR count). The zero-order valence-corrected chi connectivity index (χ0v) is 19.4. The van der Waals surface area contributed by atoms with Crippen molar-refractivity contribution >= 4 is 28.1 Å². The molecule has 0 aromatic carbocycles. The van der Waals surface area contributed by atoms with Crippen LogP contribution in [0.25, 0.3) is 11.0 Å². The molecular weight excluding hydrogens is 453 g/mol. The second kappa shape index (κ2) is 8.43. The van der Waals surface area contributed by atoms with Crippen LogP contribution in [0.5, 0.6) is 0 Å². The van der Waals surface area contributed by atoms with Gasteiger partial charge in [-0.3, -0.25) is 9.69 Å². The number of hydrogen-bond donors (Lipinski definition) is 0. The van der Waals surface area contributed by atoms with Crippen molar-refractivity contribution in [3.63, 3.8) is 0 Å². The molecule has 3 aromatic rings. The zero-order chi connectivity index (χ0) is 24.1. The van der Waals surface area contributed by atoms with Crippen molar-refractivity contribution in [1.29, 1.82) is 5.26 Å². The quantitative estimate of drug-likeness (QED) is 0.570. The Morgan fingerprint density at radius 2 is 1.94 bits per heavy atom. The smallest absolute Gasteiger partial charge is 0.364 e. The fraction of sp³-hybridized carbons (Fsp3) is 0.455. The van der Waals surface area contributed by atoms with Crippen molar-refractivity contribution in [1.82, 2.24) is 19.4 Å². The lowest BCUT2D eigenvalue weighted by molar-refractivity contribution is -0.137. The molecule has 0 radical (unpaired) electrons. The van der Waals surface area contributed by atoms with Crippen molar-refractivity contribution in [2.75, 3.05) is 18.0 Å². The van der Waals surface area contributed by atoms with Gasteiger partial charge < -0.3 is 9.47 Å². The van der Waals surface area contributed by atoms with Gasteiger partial charge in [-0.2, -0.15) is 18.4 Å². The Morgan fingerprint density at radius 3 is 2.58 bits per heavy atom. The van der Waals surface area contributed by atoms with Crippen molar-refractivity contribution in [3.8, 4) is 6.07 Å². The summed E-state index contributed by atoms with van der Waals surface area (Å²) in [5.41, 5.74) is 2.35. The summed E-state index contributed by atoms with van der Waals surface area (Å²) >= 11 is 0.611. The van der Waals surface area contributed by atoms with Crippen LogP contribution < -0.4 is 10.5 Å². The first-order valence-corrected chi connectivity index (χ1v) is 11.3. The predicted octanol–water partition coefficient (Wildman–Crippen LogP) is 3.94. The SMILES string of the molecule is CC(c1csc(C(F)(F)F)n1)N1C[C@H](C)N(c2cc(=O)n(C)c3ccc(C#N)nc23)C[C@@H]1C. The first-order valence-electron chi connectivity index (χ1n) is 10.5. The van der Waals surface area contributed by atoms with Gasteiger partial charge in [-0.05, 0) is 32.9 Å². The molecule has 0 amide bonds. The number of pyridine rings is 2. The lowest BCUT2D eigenvalue weighted by Crippen LogP contribution is -2.57. The summed E-state index contributed by atoms with van der Waals surface area (Å²) in [6.07, 6.45) is -4.45. The maximum Gasteiger partial charge on any atom is 0.443 e. The molecule has 4 heterocycles.